The number of guanidine groups is 1. The van der Waals surface area contributed by atoms with E-state index in [1.807, 2.05) is 30.3 Å². The second-order valence-corrected chi connectivity index (χ2v) is 6.54. The molecule has 7 heteroatoms. The molecule has 0 aromatic heterocycles. The second-order valence-electron chi connectivity index (χ2n) is 6.54. The fraction of sp³-hybridized carbons (Fsp3) is 0.526. The predicted molar refractivity (Wildman–Crippen MR) is 114 cm³/mol. The van der Waals surface area contributed by atoms with E-state index in [1.54, 1.807) is 0 Å². The van der Waals surface area contributed by atoms with E-state index >= 15 is 0 Å². The molecule has 142 valence electrons. The van der Waals surface area contributed by atoms with Crippen molar-refractivity contribution in [3.63, 3.8) is 0 Å². The molecule has 2 amide bonds. The number of halogens is 1. The van der Waals surface area contributed by atoms with E-state index in [9.17, 15) is 9.59 Å². The molecule has 2 aliphatic rings. The SMILES string of the molecule is I.O=C1CCCC(=O)N1CCN=C(Nc1ccccc1)N1CCCCC1. The van der Waals surface area contributed by atoms with E-state index in [2.05, 4.69) is 10.2 Å². The van der Waals surface area contributed by atoms with Crippen molar-refractivity contribution in [2.75, 3.05) is 31.5 Å². The summed E-state index contributed by atoms with van der Waals surface area (Å²) in [4.78, 5) is 32.1. The van der Waals surface area contributed by atoms with Crippen molar-refractivity contribution in [1.29, 1.82) is 0 Å². The first kappa shape index (κ1) is 20.7. The van der Waals surface area contributed by atoms with E-state index < -0.39 is 0 Å². The van der Waals surface area contributed by atoms with Crippen LogP contribution in [0.25, 0.3) is 0 Å². The number of carbonyl (C=O) groups excluding carboxylic acids is 2. The first-order valence-electron chi connectivity index (χ1n) is 9.19. The molecule has 1 aromatic rings. The number of amides is 2. The maximum atomic E-state index is 11.9. The van der Waals surface area contributed by atoms with Gasteiger partial charge in [0.05, 0.1) is 6.54 Å². The van der Waals surface area contributed by atoms with Crippen LogP contribution in [0.1, 0.15) is 38.5 Å². The Labute approximate surface area is 172 Å². The summed E-state index contributed by atoms with van der Waals surface area (Å²) in [7, 11) is 0. The highest BCUT2D eigenvalue weighted by molar-refractivity contribution is 14.0. The van der Waals surface area contributed by atoms with Crippen LogP contribution in [0, 0.1) is 0 Å². The van der Waals surface area contributed by atoms with Gasteiger partial charge in [-0.05, 0) is 37.8 Å². The molecule has 2 aliphatic heterocycles. The standard InChI is InChI=1S/C19H26N4O2.HI/c24-17-10-7-11-18(25)23(17)15-12-20-19(22-13-5-2-6-14-22)21-16-8-3-1-4-9-16;/h1,3-4,8-9H,2,5-7,10-15H2,(H,20,21);1H. The summed E-state index contributed by atoms with van der Waals surface area (Å²) in [6.07, 6.45) is 5.20. The molecule has 26 heavy (non-hydrogen) atoms. The third-order valence-corrected chi connectivity index (χ3v) is 4.65. The lowest BCUT2D eigenvalue weighted by Crippen LogP contribution is -2.43. The predicted octanol–water partition coefficient (Wildman–Crippen LogP) is 3.10. The van der Waals surface area contributed by atoms with Gasteiger partial charge < -0.3 is 10.2 Å². The van der Waals surface area contributed by atoms with Gasteiger partial charge in [0, 0.05) is 38.2 Å². The van der Waals surface area contributed by atoms with Crippen LogP contribution in [-0.4, -0.2) is 53.8 Å². The van der Waals surface area contributed by atoms with Crippen LogP contribution >= 0.6 is 24.0 Å². The fourth-order valence-corrected chi connectivity index (χ4v) is 3.28. The Hall–Kier alpha value is -1.64. The van der Waals surface area contributed by atoms with Gasteiger partial charge in [-0.15, -0.1) is 24.0 Å². The summed E-state index contributed by atoms with van der Waals surface area (Å²) in [6, 6.07) is 9.98. The maximum absolute atomic E-state index is 11.9. The number of hydrogen-bond donors (Lipinski definition) is 1. The molecule has 1 N–H and O–H groups in total. The Morgan fingerprint density at radius 2 is 1.62 bits per heavy atom. The third-order valence-electron chi connectivity index (χ3n) is 4.65. The van der Waals surface area contributed by atoms with Gasteiger partial charge in [0.2, 0.25) is 11.8 Å². The van der Waals surface area contributed by atoms with E-state index in [0.29, 0.717) is 32.4 Å². The van der Waals surface area contributed by atoms with E-state index in [1.165, 1.54) is 24.2 Å². The Bertz CT molecular complexity index is 614. The van der Waals surface area contributed by atoms with Crippen LogP contribution < -0.4 is 5.32 Å². The van der Waals surface area contributed by atoms with Crippen molar-refractivity contribution >= 4 is 47.4 Å². The van der Waals surface area contributed by atoms with Gasteiger partial charge in [-0.1, -0.05) is 18.2 Å². The Morgan fingerprint density at radius 3 is 2.27 bits per heavy atom. The Kier molecular flexibility index (Phi) is 8.34. The average Bonchev–Trinajstić information content (AvgIpc) is 2.65. The fourth-order valence-electron chi connectivity index (χ4n) is 3.28. The number of aliphatic imine (C=N–C) groups is 1. The summed E-state index contributed by atoms with van der Waals surface area (Å²) in [5.74, 6) is 0.701. The molecular formula is C19H27IN4O2. The lowest BCUT2D eigenvalue weighted by atomic mass is 10.1. The van der Waals surface area contributed by atoms with E-state index in [4.69, 9.17) is 4.99 Å². The van der Waals surface area contributed by atoms with Gasteiger partial charge in [0.15, 0.2) is 5.96 Å². The van der Waals surface area contributed by atoms with E-state index in [-0.39, 0.29) is 35.8 Å². The van der Waals surface area contributed by atoms with E-state index in [0.717, 1.165) is 24.7 Å². The highest BCUT2D eigenvalue weighted by Crippen LogP contribution is 2.14. The quantitative estimate of drug-likeness (QED) is 0.318. The van der Waals surface area contributed by atoms with Crippen LogP contribution in [0.2, 0.25) is 0 Å². The largest absolute Gasteiger partial charge is 0.343 e. The summed E-state index contributed by atoms with van der Waals surface area (Å²) >= 11 is 0. The number of piperidine rings is 2. The smallest absolute Gasteiger partial charge is 0.229 e. The first-order valence-corrected chi connectivity index (χ1v) is 9.19. The topological polar surface area (TPSA) is 65.0 Å². The zero-order chi connectivity index (χ0) is 17.5. The van der Waals surface area contributed by atoms with Gasteiger partial charge in [0.1, 0.15) is 0 Å². The van der Waals surface area contributed by atoms with Crippen molar-refractivity contribution in [2.24, 2.45) is 4.99 Å². The number of carbonyl (C=O) groups is 2. The average molecular weight is 470 g/mol. The normalized spacial score (nSPS) is 18.5. The zero-order valence-corrected chi connectivity index (χ0v) is 17.4. The molecule has 0 aliphatic carbocycles. The highest BCUT2D eigenvalue weighted by atomic mass is 127. The number of rotatable bonds is 4. The minimum absolute atomic E-state index is 0. The van der Waals surface area contributed by atoms with Crippen molar-refractivity contribution in [3.8, 4) is 0 Å². The van der Waals surface area contributed by atoms with Crippen LogP contribution in [0.15, 0.2) is 35.3 Å². The molecule has 6 nitrogen and oxygen atoms in total. The summed E-state index contributed by atoms with van der Waals surface area (Å²) in [6.45, 7) is 2.77. The molecule has 0 spiro atoms. The Balaban J connectivity index is 0.00000243. The van der Waals surface area contributed by atoms with Crippen molar-refractivity contribution in [2.45, 2.75) is 38.5 Å². The monoisotopic (exact) mass is 470 g/mol. The number of benzene rings is 1. The Morgan fingerprint density at radius 1 is 0.962 bits per heavy atom. The van der Waals surface area contributed by atoms with Crippen LogP contribution in [0.3, 0.4) is 0 Å². The number of hydrogen-bond acceptors (Lipinski definition) is 3. The lowest BCUT2D eigenvalue weighted by molar-refractivity contribution is -0.147. The molecule has 0 radical (unpaired) electrons. The van der Waals surface area contributed by atoms with Crippen molar-refractivity contribution in [3.05, 3.63) is 30.3 Å². The number of anilines is 1. The lowest BCUT2D eigenvalue weighted by Gasteiger charge is -2.30. The molecule has 2 heterocycles. The third kappa shape index (κ3) is 5.69. The number of imide groups is 1. The number of nitrogens with one attached hydrogen (secondary N) is 1. The van der Waals surface area contributed by atoms with Crippen molar-refractivity contribution < 1.29 is 9.59 Å². The summed E-state index contributed by atoms with van der Waals surface area (Å²) in [5, 5.41) is 3.40. The molecule has 0 unspecified atom stereocenters. The summed E-state index contributed by atoms with van der Waals surface area (Å²) in [5.41, 5.74) is 0.997. The molecule has 0 saturated carbocycles. The number of nitrogens with zero attached hydrogens (tertiary/aromatic N) is 3. The molecular weight excluding hydrogens is 443 g/mol. The summed E-state index contributed by atoms with van der Waals surface area (Å²) < 4.78 is 0. The zero-order valence-electron chi connectivity index (χ0n) is 15.0. The van der Waals surface area contributed by atoms with Gasteiger partial charge in [-0.3, -0.25) is 19.5 Å². The van der Waals surface area contributed by atoms with Crippen LogP contribution in [0.5, 0.6) is 0 Å². The minimum atomic E-state index is -0.0676. The number of para-hydroxylation sites is 1. The second kappa shape index (κ2) is 10.5. The molecule has 0 atom stereocenters. The van der Waals surface area contributed by atoms with Gasteiger partial charge in [0.25, 0.3) is 0 Å². The van der Waals surface area contributed by atoms with Crippen LogP contribution in [0.4, 0.5) is 5.69 Å². The molecule has 1 aromatic carbocycles. The molecule has 2 fully saturated rings. The van der Waals surface area contributed by atoms with Gasteiger partial charge in [-0.2, -0.15) is 0 Å². The first-order chi connectivity index (χ1) is 12.2. The minimum Gasteiger partial charge on any atom is -0.343 e. The van der Waals surface area contributed by atoms with Gasteiger partial charge in [-0.25, -0.2) is 0 Å². The van der Waals surface area contributed by atoms with Gasteiger partial charge >= 0.3 is 0 Å². The maximum Gasteiger partial charge on any atom is 0.229 e. The number of likely N-dealkylation sites (tertiary alicyclic amines) is 2. The molecule has 0 bridgehead atoms. The molecule has 3 rings (SSSR count). The highest BCUT2D eigenvalue weighted by Gasteiger charge is 2.25. The molecule has 2 saturated heterocycles. The van der Waals surface area contributed by atoms with Crippen molar-refractivity contribution in [1.82, 2.24) is 9.80 Å². The van der Waals surface area contributed by atoms with Crippen LogP contribution in [-0.2, 0) is 9.59 Å².